The first-order valence-corrected chi connectivity index (χ1v) is 26.0. The van der Waals surface area contributed by atoms with E-state index in [1.807, 2.05) is 49.1 Å². The molecule has 0 saturated carbocycles. The van der Waals surface area contributed by atoms with Crippen molar-refractivity contribution in [3.05, 3.63) is 82.1 Å². The topological polar surface area (TPSA) is 149 Å². The van der Waals surface area contributed by atoms with Crippen LogP contribution in [0, 0.1) is 36.5 Å². The van der Waals surface area contributed by atoms with Crippen LogP contribution in [0.2, 0.25) is 0 Å². The van der Waals surface area contributed by atoms with Crippen LogP contribution in [-0.2, 0) is 32.3 Å². The molecular formula is C54H80N8O4S2. The molecule has 12 nitrogen and oxygen atoms in total. The molecule has 372 valence electrons. The molecule has 14 heteroatoms. The van der Waals surface area contributed by atoms with Crippen molar-refractivity contribution in [2.24, 2.45) is 22.7 Å². The predicted molar refractivity (Wildman–Crippen MR) is 279 cm³/mol. The van der Waals surface area contributed by atoms with Gasteiger partial charge < -0.3 is 31.1 Å². The number of carbonyl (C=O) groups excluding carboxylic acids is 4. The molecule has 6 rings (SSSR count). The van der Waals surface area contributed by atoms with Gasteiger partial charge in [-0.05, 0) is 113 Å². The molecule has 2 aromatic carbocycles. The Bertz CT molecular complexity index is 2170. The van der Waals surface area contributed by atoms with Crippen molar-refractivity contribution in [3.63, 3.8) is 0 Å². The maximum Gasteiger partial charge on any atom is 0.243 e. The summed E-state index contributed by atoms with van der Waals surface area (Å²) in [5, 5.41) is 13.1. The minimum Gasteiger partial charge on any atom is -0.350 e. The van der Waals surface area contributed by atoms with Gasteiger partial charge in [0.05, 0.1) is 44.2 Å². The highest BCUT2D eigenvalue weighted by molar-refractivity contribution is 7.13. The largest absolute Gasteiger partial charge is 0.350 e. The third kappa shape index (κ3) is 14.8. The highest BCUT2D eigenvalue weighted by Gasteiger charge is 2.45. The van der Waals surface area contributed by atoms with Crippen LogP contribution >= 0.6 is 22.7 Å². The van der Waals surface area contributed by atoms with E-state index in [-0.39, 0.29) is 69.5 Å². The summed E-state index contributed by atoms with van der Waals surface area (Å²) in [5.41, 5.74) is 9.15. The summed E-state index contributed by atoms with van der Waals surface area (Å²) in [6, 6.07) is 14.8. The molecule has 0 spiro atoms. The molecule has 2 aliphatic rings. The molecule has 4 aromatic rings. The Kier molecular flexibility index (Phi) is 17.7. The first kappa shape index (κ1) is 54.4. The quantitative estimate of drug-likeness (QED) is 0.110. The maximum absolute atomic E-state index is 13.7. The average molecular weight is 969 g/mol. The van der Waals surface area contributed by atoms with Crippen molar-refractivity contribution in [2.75, 3.05) is 13.1 Å². The van der Waals surface area contributed by atoms with E-state index >= 15 is 0 Å². The second kappa shape index (κ2) is 22.1. The molecular weight excluding hydrogens is 889 g/mol. The Labute approximate surface area is 415 Å². The first-order valence-electron chi connectivity index (χ1n) is 24.2. The van der Waals surface area contributed by atoms with Crippen LogP contribution < -0.4 is 21.3 Å². The fourth-order valence-corrected chi connectivity index (χ4v) is 10.5. The van der Waals surface area contributed by atoms with Gasteiger partial charge in [-0.15, -0.1) is 22.7 Å². The number of nitrogens with one attached hydrogen (secondary N) is 4. The maximum atomic E-state index is 13.7. The van der Waals surface area contributed by atoms with Crippen molar-refractivity contribution in [2.45, 2.75) is 172 Å². The Morgan fingerprint density at radius 1 is 0.574 bits per heavy atom. The number of thiazole rings is 2. The van der Waals surface area contributed by atoms with E-state index < -0.39 is 12.1 Å². The summed E-state index contributed by atoms with van der Waals surface area (Å²) in [5.74, 6) is 0.438. The number of benzene rings is 2. The number of amides is 4. The second-order valence-electron chi connectivity index (χ2n) is 23.4. The van der Waals surface area contributed by atoms with Gasteiger partial charge in [0, 0.05) is 37.3 Å². The van der Waals surface area contributed by atoms with Crippen molar-refractivity contribution < 1.29 is 19.2 Å². The van der Waals surface area contributed by atoms with Crippen molar-refractivity contribution in [1.29, 1.82) is 0 Å². The van der Waals surface area contributed by atoms with Crippen LogP contribution in [0.4, 0.5) is 0 Å². The Balaban J connectivity index is 0.000000254. The number of carbonyl (C=O) groups is 4. The van der Waals surface area contributed by atoms with E-state index in [2.05, 4.69) is 152 Å². The van der Waals surface area contributed by atoms with Gasteiger partial charge in [0.2, 0.25) is 23.6 Å². The van der Waals surface area contributed by atoms with Gasteiger partial charge in [-0.25, -0.2) is 9.97 Å². The minimum atomic E-state index is -0.437. The lowest BCUT2D eigenvalue weighted by Gasteiger charge is -2.39. The highest BCUT2D eigenvalue weighted by Crippen LogP contribution is 2.33. The lowest BCUT2D eigenvalue weighted by molar-refractivity contribution is -0.142. The molecule has 4 amide bonds. The molecule has 0 bridgehead atoms. The van der Waals surface area contributed by atoms with E-state index in [4.69, 9.17) is 0 Å². The van der Waals surface area contributed by atoms with Crippen molar-refractivity contribution in [3.8, 4) is 20.9 Å². The van der Waals surface area contributed by atoms with Crippen molar-refractivity contribution >= 4 is 46.3 Å². The summed E-state index contributed by atoms with van der Waals surface area (Å²) in [6.45, 7) is 35.2. The molecule has 2 unspecified atom stereocenters. The van der Waals surface area contributed by atoms with Gasteiger partial charge in [-0.3, -0.25) is 19.2 Å². The van der Waals surface area contributed by atoms with Gasteiger partial charge in [0.25, 0.3) is 0 Å². The van der Waals surface area contributed by atoms with Gasteiger partial charge in [0.15, 0.2) is 0 Å². The summed E-state index contributed by atoms with van der Waals surface area (Å²) >= 11 is 3.26. The van der Waals surface area contributed by atoms with Gasteiger partial charge >= 0.3 is 0 Å². The number of hydrogen-bond acceptors (Lipinski definition) is 10. The first-order chi connectivity index (χ1) is 31.5. The van der Waals surface area contributed by atoms with E-state index in [9.17, 15) is 19.2 Å². The fraction of sp³-hybridized carbons (Fsp3) is 0.593. The SMILES string of the molecule is Cc1ncsc1-c1ccc(CNC(=O)C2C[C@@H](C)CN2C(=O)C(NC(C)(C)C)C(C)(C)C)cc1.Cc1ncsc1-c1ccc(CNC(=O)[C@H]2C[C@H](C)CN2C(=O)[C@H](NC(C)(C)C)C(C)(C)C)cc1. The Morgan fingerprint density at radius 3 is 1.16 bits per heavy atom. The third-order valence-corrected chi connectivity index (χ3v) is 14.4. The van der Waals surface area contributed by atoms with Crippen LogP contribution in [0.25, 0.3) is 20.9 Å². The van der Waals surface area contributed by atoms with Gasteiger partial charge in [0.1, 0.15) is 12.1 Å². The van der Waals surface area contributed by atoms with Crippen LogP contribution in [0.15, 0.2) is 59.6 Å². The lowest BCUT2D eigenvalue weighted by atomic mass is 9.84. The van der Waals surface area contributed by atoms with Crippen LogP contribution in [0.1, 0.15) is 132 Å². The Morgan fingerprint density at radius 2 is 0.897 bits per heavy atom. The number of nitrogens with zero attached hydrogens (tertiary/aromatic N) is 4. The van der Waals surface area contributed by atoms with E-state index in [0.717, 1.165) is 33.6 Å². The smallest absolute Gasteiger partial charge is 0.243 e. The molecule has 2 fully saturated rings. The average Bonchev–Trinajstić information content (AvgIpc) is 4.06. The summed E-state index contributed by atoms with van der Waals surface area (Å²) in [7, 11) is 0. The minimum absolute atomic E-state index is 0.0104. The van der Waals surface area contributed by atoms with Gasteiger partial charge in [-0.1, -0.05) is 104 Å². The normalized spacial score (nSPS) is 19.8. The van der Waals surface area contributed by atoms with Crippen LogP contribution in [-0.4, -0.2) is 91.7 Å². The number of rotatable bonds is 12. The summed E-state index contributed by atoms with van der Waals surface area (Å²) in [4.78, 5) is 68.3. The third-order valence-electron chi connectivity index (χ3n) is 12.4. The summed E-state index contributed by atoms with van der Waals surface area (Å²) in [6.07, 6.45) is 1.38. The van der Waals surface area contributed by atoms with E-state index in [0.29, 0.717) is 39.0 Å². The Hall–Kier alpha value is -4.50. The van der Waals surface area contributed by atoms with Gasteiger partial charge in [-0.2, -0.15) is 0 Å². The number of aryl methyl sites for hydroxylation is 2. The molecule has 0 aliphatic carbocycles. The van der Waals surface area contributed by atoms with Crippen molar-refractivity contribution in [1.82, 2.24) is 41.0 Å². The number of likely N-dealkylation sites (tertiary alicyclic amines) is 2. The van der Waals surface area contributed by atoms with E-state index in [1.165, 1.54) is 9.75 Å². The second-order valence-corrected chi connectivity index (χ2v) is 25.2. The molecule has 68 heavy (non-hydrogen) atoms. The highest BCUT2D eigenvalue weighted by atomic mass is 32.1. The monoisotopic (exact) mass is 969 g/mol. The summed E-state index contributed by atoms with van der Waals surface area (Å²) < 4.78 is 0. The predicted octanol–water partition coefficient (Wildman–Crippen LogP) is 9.55. The van der Waals surface area contributed by atoms with E-state index in [1.54, 1.807) is 32.5 Å². The zero-order chi connectivity index (χ0) is 50.5. The lowest BCUT2D eigenvalue weighted by Crippen LogP contribution is -2.60. The fourth-order valence-electron chi connectivity index (χ4n) is 8.89. The molecule has 6 atom stereocenters. The molecule has 4 N–H and O–H groups in total. The molecule has 4 heterocycles. The molecule has 2 saturated heterocycles. The molecule has 2 aliphatic heterocycles. The number of aromatic nitrogens is 2. The zero-order valence-corrected chi connectivity index (χ0v) is 45.4. The molecule has 0 radical (unpaired) electrons. The standard InChI is InChI=1S/2C27H40N4O2S/c2*1-17-13-21(31(15-17)25(33)23(26(3,4)5)30-27(6,7)8)24(32)28-14-19-9-11-20(12-10-19)22-18(2)29-16-34-22/h2*9-12,16-17,21,23,30H,13-15H2,1-8H3,(H,28,32)/t17-,21?,23?;17-,21+,23-/m10/s1. The van der Waals surface area contributed by atoms with Crippen LogP contribution in [0.5, 0.6) is 0 Å². The number of hydrogen-bond donors (Lipinski definition) is 4. The zero-order valence-electron chi connectivity index (χ0n) is 43.7. The molecule has 2 aromatic heterocycles. The van der Waals surface area contributed by atoms with Crippen LogP contribution in [0.3, 0.4) is 0 Å².